The summed E-state index contributed by atoms with van der Waals surface area (Å²) in [6.45, 7) is 12.5. The fourth-order valence-electron chi connectivity index (χ4n) is 4.43. The van der Waals surface area contributed by atoms with Crippen molar-refractivity contribution < 1.29 is 4.74 Å². The van der Waals surface area contributed by atoms with Gasteiger partial charge in [0.1, 0.15) is 12.4 Å². The van der Waals surface area contributed by atoms with Crippen LogP contribution in [-0.2, 0) is 6.61 Å². The number of unbranched alkanes of at least 4 members (excludes halogenated alkanes) is 2. The first-order valence-electron chi connectivity index (χ1n) is 12.4. The summed E-state index contributed by atoms with van der Waals surface area (Å²) in [7, 11) is 0. The van der Waals surface area contributed by atoms with Crippen LogP contribution >= 0.6 is 0 Å². The summed E-state index contributed by atoms with van der Waals surface area (Å²) in [5.41, 5.74) is 2.55. The van der Waals surface area contributed by atoms with E-state index in [1.54, 1.807) is 0 Å². The van der Waals surface area contributed by atoms with Crippen LogP contribution in [0.25, 0.3) is 0 Å². The predicted octanol–water partition coefficient (Wildman–Crippen LogP) is 6.77. The number of piperidine rings is 1. The van der Waals surface area contributed by atoms with Gasteiger partial charge < -0.3 is 14.5 Å². The minimum Gasteiger partial charge on any atom is -0.489 e. The molecule has 1 saturated heterocycles. The highest BCUT2D eigenvalue weighted by atomic mass is 16.5. The van der Waals surface area contributed by atoms with Crippen molar-refractivity contribution in [2.45, 2.75) is 71.9 Å². The molecule has 1 aliphatic rings. The summed E-state index contributed by atoms with van der Waals surface area (Å²) in [6.07, 6.45) is 7.81. The maximum absolute atomic E-state index is 6.01. The Balaban J connectivity index is 1.58. The molecule has 0 atom stereocenters. The summed E-state index contributed by atoms with van der Waals surface area (Å²) in [5, 5.41) is 0. The monoisotopic (exact) mass is 422 g/mol. The summed E-state index contributed by atoms with van der Waals surface area (Å²) >= 11 is 0. The van der Waals surface area contributed by atoms with Gasteiger partial charge in [0.05, 0.1) is 0 Å². The predicted molar refractivity (Wildman–Crippen MR) is 133 cm³/mol. The molecule has 3 rings (SSSR count). The van der Waals surface area contributed by atoms with Gasteiger partial charge in [0.2, 0.25) is 0 Å². The van der Waals surface area contributed by atoms with Crippen molar-refractivity contribution in [3.05, 3.63) is 60.2 Å². The zero-order chi connectivity index (χ0) is 21.9. The van der Waals surface area contributed by atoms with Gasteiger partial charge >= 0.3 is 0 Å². The summed E-state index contributed by atoms with van der Waals surface area (Å²) in [4.78, 5) is 5.34. The lowest BCUT2D eigenvalue weighted by atomic mass is 10.00. The topological polar surface area (TPSA) is 15.7 Å². The molecule has 1 heterocycles. The quantitative estimate of drug-likeness (QED) is 0.351. The smallest absolute Gasteiger partial charge is 0.119 e. The van der Waals surface area contributed by atoms with Crippen LogP contribution in [0, 0.1) is 5.92 Å². The zero-order valence-corrected chi connectivity index (χ0v) is 19.9. The van der Waals surface area contributed by atoms with Crippen LogP contribution in [0.2, 0.25) is 0 Å². The lowest BCUT2D eigenvalue weighted by Gasteiger charge is -2.40. The fourth-order valence-corrected chi connectivity index (χ4v) is 4.43. The second kappa shape index (κ2) is 12.8. The molecule has 0 N–H and O–H groups in total. The molecule has 1 fully saturated rings. The minimum absolute atomic E-state index is 0.619. The zero-order valence-electron chi connectivity index (χ0n) is 19.9. The maximum Gasteiger partial charge on any atom is 0.119 e. The van der Waals surface area contributed by atoms with Crippen LogP contribution in [0.3, 0.4) is 0 Å². The molecule has 0 aliphatic carbocycles. The lowest BCUT2D eigenvalue weighted by molar-refractivity contribution is 0.204. The molecule has 170 valence electrons. The van der Waals surface area contributed by atoms with Crippen LogP contribution in [0.4, 0.5) is 5.69 Å². The third-order valence-corrected chi connectivity index (χ3v) is 6.44. The van der Waals surface area contributed by atoms with Crippen molar-refractivity contribution in [1.29, 1.82) is 0 Å². The second-order valence-corrected chi connectivity index (χ2v) is 9.42. The Labute approximate surface area is 190 Å². The highest BCUT2D eigenvalue weighted by Crippen LogP contribution is 2.27. The molecular formula is C28H42N2O. The first kappa shape index (κ1) is 23.7. The van der Waals surface area contributed by atoms with Crippen molar-refractivity contribution >= 4 is 5.69 Å². The number of hydrogen-bond acceptors (Lipinski definition) is 3. The number of likely N-dealkylation sites (tertiary alicyclic amines) is 1. The van der Waals surface area contributed by atoms with Crippen LogP contribution < -0.4 is 9.64 Å². The lowest BCUT2D eigenvalue weighted by Crippen LogP contribution is -2.45. The molecule has 2 aromatic carbocycles. The Hall–Kier alpha value is -2.00. The van der Waals surface area contributed by atoms with Crippen molar-refractivity contribution in [1.82, 2.24) is 4.90 Å². The normalized spacial score (nSPS) is 15.4. The van der Waals surface area contributed by atoms with E-state index in [1.165, 1.54) is 69.4 Å². The highest BCUT2D eigenvalue weighted by Gasteiger charge is 2.24. The second-order valence-electron chi connectivity index (χ2n) is 9.42. The van der Waals surface area contributed by atoms with Crippen molar-refractivity contribution in [3.8, 4) is 5.75 Å². The Bertz CT molecular complexity index is 720. The average Bonchev–Trinajstić information content (AvgIpc) is 2.80. The van der Waals surface area contributed by atoms with E-state index in [9.17, 15) is 0 Å². The van der Waals surface area contributed by atoms with E-state index in [0.29, 0.717) is 12.6 Å². The summed E-state index contributed by atoms with van der Waals surface area (Å²) in [6, 6.07) is 19.8. The standard InChI is InChI=1S/C28H42N2O/c1-4-5-9-19-29-20-17-27(18-21-29)30(22-16-24(2)3)26-12-14-28(15-13-26)31-23-25-10-7-6-8-11-25/h6-8,10-15,24,27H,4-5,9,16-23H2,1-3H3. The van der Waals surface area contributed by atoms with E-state index in [1.807, 2.05) is 6.07 Å². The van der Waals surface area contributed by atoms with Crippen molar-refractivity contribution in [2.75, 3.05) is 31.1 Å². The molecule has 3 heteroatoms. The Kier molecular flexibility index (Phi) is 9.74. The third-order valence-electron chi connectivity index (χ3n) is 6.44. The largest absolute Gasteiger partial charge is 0.489 e. The summed E-state index contributed by atoms with van der Waals surface area (Å²) in [5.74, 6) is 1.67. The Morgan fingerprint density at radius 1 is 0.968 bits per heavy atom. The van der Waals surface area contributed by atoms with Gasteiger partial charge in [-0.15, -0.1) is 0 Å². The van der Waals surface area contributed by atoms with Gasteiger partial charge in [-0.25, -0.2) is 0 Å². The molecule has 2 aromatic rings. The van der Waals surface area contributed by atoms with Gasteiger partial charge in [-0.3, -0.25) is 0 Å². The molecule has 1 aliphatic heterocycles. The van der Waals surface area contributed by atoms with E-state index < -0.39 is 0 Å². The molecule has 0 bridgehead atoms. The highest BCUT2D eigenvalue weighted by molar-refractivity contribution is 5.50. The number of nitrogens with zero attached hydrogens (tertiary/aromatic N) is 2. The van der Waals surface area contributed by atoms with E-state index in [4.69, 9.17) is 4.74 Å². The van der Waals surface area contributed by atoms with Crippen LogP contribution in [-0.4, -0.2) is 37.1 Å². The molecule has 0 amide bonds. The molecule has 0 unspecified atom stereocenters. The maximum atomic E-state index is 6.01. The van der Waals surface area contributed by atoms with Gasteiger partial charge in [-0.05, 0) is 68.0 Å². The van der Waals surface area contributed by atoms with Gasteiger partial charge in [-0.1, -0.05) is 63.9 Å². The molecule has 0 saturated carbocycles. The average molecular weight is 423 g/mol. The van der Waals surface area contributed by atoms with Crippen molar-refractivity contribution in [3.63, 3.8) is 0 Å². The van der Waals surface area contributed by atoms with E-state index >= 15 is 0 Å². The fraction of sp³-hybridized carbons (Fsp3) is 0.571. The van der Waals surface area contributed by atoms with Crippen LogP contribution in [0.15, 0.2) is 54.6 Å². The van der Waals surface area contributed by atoms with Crippen LogP contribution in [0.1, 0.15) is 64.9 Å². The van der Waals surface area contributed by atoms with Gasteiger partial charge in [0.25, 0.3) is 0 Å². The number of ether oxygens (including phenoxy) is 1. The van der Waals surface area contributed by atoms with Gasteiger partial charge in [-0.2, -0.15) is 0 Å². The van der Waals surface area contributed by atoms with Crippen LogP contribution in [0.5, 0.6) is 5.75 Å². The van der Waals surface area contributed by atoms with Gasteiger partial charge in [0.15, 0.2) is 0 Å². The third kappa shape index (κ3) is 7.88. The number of benzene rings is 2. The van der Waals surface area contributed by atoms with E-state index in [2.05, 4.69) is 79.1 Å². The molecule has 0 aromatic heterocycles. The Morgan fingerprint density at radius 3 is 2.32 bits per heavy atom. The first-order chi connectivity index (χ1) is 15.2. The summed E-state index contributed by atoms with van der Waals surface area (Å²) < 4.78 is 6.01. The number of anilines is 1. The molecule has 31 heavy (non-hydrogen) atoms. The molecule has 0 spiro atoms. The van der Waals surface area contributed by atoms with E-state index in [-0.39, 0.29) is 0 Å². The SMILES string of the molecule is CCCCCN1CCC(N(CCC(C)C)c2ccc(OCc3ccccc3)cc2)CC1. The minimum atomic E-state index is 0.619. The molecule has 3 nitrogen and oxygen atoms in total. The number of hydrogen-bond donors (Lipinski definition) is 0. The first-order valence-corrected chi connectivity index (χ1v) is 12.4. The van der Waals surface area contributed by atoms with Gasteiger partial charge in [0, 0.05) is 31.4 Å². The number of rotatable bonds is 12. The van der Waals surface area contributed by atoms with E-state index in [0.717, 1.165) is 18.2 Å². The molecular weight excluding hydrogens is 380 g/mol. The Morgan fingerprint density at radius 2 is 1.68 bits per heavy atom. The van der Waals surface area contributed by atoms with Crippen molar-refractivity contribution in [2.24, 2.45) is 5.92 Å². The molecule has 0 radical (unpaired) electrons.